The molecule has 1 unspecified atom stereocenters. The highest BCUT2D eigenvalue weighted by molar-refractivity contribution is 5.44. The lowest BCUT2D eigenvalue weighted by molar-refractivity contribution is 0.209. The number of aliphatic hydroxyl groups is 1. The third-order valence-corrected chi connectivity index (χ3v) is 2.42. The Hall–Kier alpha value is -1.06. The van der Waals surface area contributed by atoms with E-state index < -0.39 is 5.54 Å². The van der Waals surface area contributed by atoms with Crippen LogP contribution in [0.2, 0.25) is 0 Å². The summed E-state index contributed by atoms with van der Waals surface area (Å²) in [5.41, 5.74) is 7.92. The largest absolute Gasteiger partial charge is 0.508 e. The van der Waals surface area contributed by atoms with Gasteiger partial charge >= 0.3 is 0 Å². The van der Waals surface area contributed by atoms with Gasteiger partial charge in [-0.15, -0.1) is 0 Å². The maximum absolute atomic E-state index is 9.35. The lowest BCUT2D eigenvalue weighted by Crippen LogP contribution is -2.38. The lowest BCUT2D eigenvalue weighted by atomic mass is 9.86. The molecular formula is C11H17NO2. The molecular weight excluding hydrogens is 178 g/mol. The lowest BCUT2D eigenvalue weighted by Gasteiger charge is -2.26. The van der Waals surface area contributed by atoms with Gasteiger partial charge in [0, 0.05) is 0 Å². The molecule has 0 spiro atoms. The van der Waals surface area contributed by atoms with Crippen molar-refractivity contribution in [3.8, 4) is 5.75 Å². The Balaban J connectivity index is 3.35. The molecule has 14 heavy (non-hydrogen) atoms. The summed E-state index contributed by atoms with van der Waals surface area (Å²) in [6.07, 6.45) is 0. The Bertz CT molecular complexity index is 322. The fraction of sp³-hybridized carbons (Fsp3) is 0.455. The van der Waals surface area contributed by atoms with Crippen molar-refractivity contribution in [2.75, 3.05) is 6.61 Å². The zero-order valence-corrected chi connectivity index (χ0v) is 8.83. The van der Waals surface area contributed by atoms with E-state index >= 15 is 0 Å². The van der Waals surface area contributed by atoms with Gasteiger partial charge in [-0.25, -0.2) is 0 Å². The molecule has 0 saturated heterocycles. The van der Waals surface area contributed by atoms with Gasteiger partial charge in [-0.3, -0.25) is 0 Å². The highest BCUT2D eigenvalue weighted by Crippen LogP contribution is 2.28. The van der Waals surface area contributed by atoms with E-state index in [4.69, 9.17) is 5.73 Å². The molecule has 0 radical (unpaired) electrons. The Morgan fingerprint density at radius 3 is 2.07 bits per heavy atom. The van der Waals surface area contributed by atoms with E-state index in [1.54, 1.807) is 19.1 Å². The van der Waals surface area contributed by atoms with Crippen LogP contribution in [0.25, 0.3) is 0 Å². The maximum Gasteiger partial charge on any atom is 0.116 e. The highest BCUT2D eigenvalue weighted by atomic mass is 16.3. The van der Waals surface area contributed by atoms with Gasteiger partial charge in [0.25, 0.3) is 0 Å². The fourth-order valence-corrected chi connectivity index (χ4v) is 1.92. The molecule has 1 aromatic carbocycles. The molecule has 0 aliphatic carbocycles. The summed E-state index contributed by atoms with van der Waals surface area (Å²) in [4.78, 5) is 0. The number of rotatable bonds is 2. The quantitative estimate of drug-likeness (QED) is 0.663. The number of hydrogen-bond donors (Lipinski definition) is 3. The van der Waals surface area contributed by atoms with Crippen LogP contribution in [0.1, 0.15) is 23.6 Å². The standard InChI is InChI=1S/C11H17NO2/c1-7-4-9(14)5-8(2)10(7)11(3,12)6-13/h4-5,13-14H,6,12H2,1-3H3. The van der Waals surface area contributed by atoms with Gasteiger partial charge in [-0.2, -0.15) is 0 Å². The molecule has 1 atom stereocenters. The first kappa shape index (κ1) is 11.0. The van der Waals surface area contributed by atoms with E-state index in [2.05, 4.69) is 0 Å². The normalized spacial score (nSPS) is 15.2. The van der Waals surface area contributed by atoms with Crippen LogP contribution in [-0.4, -0.2) is 16.8 Å². The van der Waals surface area contributed by atoms with Crippen LogP contribution >= 0.6 is 0 Å². The molecule has 0 bridgehead atoms. The van der Waals surface area contributed by atoms with Gasteiger partial charge in [-0.05, 0) is 49.6 Å². The summed E-state index contributed by atoms with van der Waals surface area (Å²) in [5.74, 6) is 0.234. The van der Waals surface area contributed by atoms with Gasteiger partial charge in [0.1, 0.15) is 5.75 Å². The first-order valence-corrected chi connectivity index (χ1v) is 4.59. The maximum atomic E-state index is 9.35. The van der Waals surface area contributed by atoms with Gasteiger partial charge in [0.05, 0.1) is 12.1 Å². The van der Waals surface area contributed by atoms with Crippen molar-refractivity contribution in [1.29, 1.82) is 0 Å². The van der Waals surface area contributed by atoms with E-state index in [0.29, 0.717) is 0 Å². The molecule has 0 fully saturated rings. The molecule has 3 nitrogen and oxygen atoms in total. The van der Waals surface area contributed by atoms with Crippen LogP contribution in [0.15, 0.2) is 12.1 Å². The van der Waals surface area contributed by atoms with Gasteiger partial charge in [0.15, 0.2) is 0 Å². The summed E-state index contributed by atoms with van der Waals surface area (Å²) in [6.45, 7) is 5.42. The number of hydrogen-bond acceptors (Lipinski definition) is 3. The number of aromatic hydroxyl groups is 1. The second-order valence-electron chi connectivity index (χ2n) is 4.03. The van der Waals surface area contributed by atoms with Crippen molar-refractivity contribution in [3.05, 3.63) is 28.8 Å². The smallest absolute Gasteiger partial charge is 0.116 e. The number of nitrogens with two attached hydrogens (primary N) is 1. The molecule has 0 aliphatic rings. The molecule has 1 rings (SSSR count). The molecule has 0 aliphatic heterocycles. The van der Waals surface area contributed by atoms with Crippen LogP contribution in [0.5, 0.6) is 5.75 Å². The van der Waals surface area contributed by atoms with Crippen molar-refractivity contribution >= 4 is 0 Å². The van der Waals surface area contributed by atoms with Crippen molar-refractivity contribution in [1.82, 2.24) is 0 Å². The monoisotopic (exact) mass is 195 g/mol. The van der Waals surface area contributed by atoms with Crippen molar-refractivity contribution in [3.63, 3.8) is 0 Å². The fourth-order valence-electron chi connectivity index (χ4n) is 1.92. The van der Waals surface area contributed by atoms with Crippen molar-refractivity contribution in [2.45, 2.75) is 26.3 Å². The predicted molar refractivity (Wildman–Crippen MR) is 56.2 cm³/mol. The molecule has 78 valence electrons. The first-order valence-electron chi connectivity index (χ1n) is 4.59. The van der Waals surface area contributed by atoms with Crippen molar-refractivity contribution < 1.29 is 10.2 Å². The molecule has 0 saturated carbocycles. The minimum absolute atomic E-state index is 0.112. The molecule has 3 heteroatoms. The minimum Gasteiger partial charge on any atom is -0.508 e. The molecule has 4 N–H and O–H groups in total. The van der Waals surface area contributed by atoms with Crippen LogP contribution in [0, 0.1) is 13.8 Å². The third-order valence-electron chi connectivity index (χ3n) is 2.42. The summed E-state index contributed by atoms with van der Waals surface area (Å²) in [7, 11) is 0. The summed E-state index contributed by atoms with van der Waals surface area (Å²) in [5, 5.41) is 18.5. The third kappa shape index (κ3) is 1.89. The second-order valence-corrected chi connectivity index (χ2v) is 4.03. The highest BCUT2D eigenvalue weighted by Gasteiger charge is 2.24. The zero-order chi connectivity index (χ0) is 10.9. The van der Waals surface area contributed by atoms with Gasteiger partial charge < -0.3 is 15.9 Å². The molecule has 0 heterocycles. The predicted octanol–water partition coefficient (Wildman–Crippen LogP) is 1.18. The van der Waals surface area contributed by atoms with E-state index in [0.717, 1.165) is 16.7 Å². The number of aliphatic hydroxyl groups excluding tert-OH is 1. The summed E-state index contributed by atoms with van der Waals surface area (Å²) in [6, 6.07) is 3.31. The topological polar surface area (TPSA) is 66.5 Å². The van der Waals surface area contributed by atoms with Crippen LogP contribution in [0.3, 0.4) is 0 Å². The molecule has 1 aromatic rings. The average molecular weight is 195 g/mol. The van der Waals surface area contributed by atoms with E-state index in [1.165, 1.54) is 0 Å². The zero-order valence-electron chi connectivity index (χ0n) is 8.83. The Morgan fingerprint density at radius 1 is 1.29 bits per heavy atom. The molecule has 0 aromatic heterocycles. The number of phenolic OH excluding ortho intramolecular Hbond substituents is 1. The SMILES string of the molecule is Cc1cc(O)cc(C)c1C(C)(N)CO. The number of aryl methyl sites for hydroxylation is 2. The summed E-state index contributed by atoms with van der Waals surface area (Å²) >= 11 is 0. The van der Waals surface area contributed by atoms with Crippen LogP contribution < -0.4 is 5.73 Å². The van der Waals surface area contributed by atoms with Crippen LogP contribution in [-0.2, 0) is 5.54 Å². The van der Waals surface area contributed by atoms with Gasteiger partial charge in [0.2, 0.25) is 0 Å². The van der Waals surface area contributed by atoms with Crippen LogP contribution in [0.4, 0.5) is 0 Å². The average Bonchev–Trinajstić information content (AvgIpc) is 2.01. The number of benzene rings is 1. The Kier molecular flexibility index (Phi) is 2.83. The summed E-state index contributed by atoms with van der Waals surface area (Å²) < 4.78 is 0. The van der Waals surface area contributed by atoms with Crippen molar-refractivity contribution in [2.24, 2.45) is 5.73 Å². The van der Waals surface area contributed by atoms with E-state index in [-0.39, 0.29) is 12.4 Å². The Morgan fingerprint density at radius 2 is 1.71 bits per heavy atom. The minimum atomic E-state index is -0.748. The van der Waals surface area contributed by atoms with Gasteiger partial charge in [-0.1, -0.05) is 0 Å². The first-order chi connectivity index (χ1) is 6.38. The van der Waals surface area contributed by atoms with E-state index in [1.807, 2.05) is 13.8 Å². The second kappa shape index (κ2) is 3.59. The molecule has 0 amide bonds. The Labute approximate surface area is 84.2 Å². The number of phenols is 1. The van der Waals surface area contributed by atoms with E-state index in [9.17, 15) is 10.2 Å².